The summed E-state index contributed by atoms with van der Waals surface area (Å²) in [6, 6.07) is 9.73. The molecule has 0 aliphatic rings. The quantitative estimate of drug-likeness (QED) is 0.402. The van der Waals surface area contributed by atoms with Crippen LogP contribution >= 0.6 is 25.3 Å². The molecule has 0 unspecified atom stereocenters. The van der Waals surface area contributed by atoms with Gasteiger partial charge in [0, 0.05) is 16.4 Å². The number of rotatable bonds is 6. The van der Waals surface area contributed by atoms with E-state index in [1.54, 1.807) is 0 Å². The molecule has 0 saturated heterocycles. The minimum atomic E-state index is 0.138. The van der Waals surface area contributed by atoms with E-state index >= 15 is 0 Å². The lowest BCUT2D eigenvalue weighted by atomic mass is 10.2. The van der Waals surface area contributed by atoms with Gasteiger partial charge in [0.15, 0.2) is 5.76 Å². The van der Waals surface area contributed by atoms with Crippen molar-refractivity contribution in [1.82, 2.24) is 10.2 Å². The first-order valence-corrected chi connectivity index (χ1v) is 7.93. The SMILES string of the molecule is SC(S)CCCCc1nnc(-c2cc3ccccc3o2)o1. The second-order valence-electron chi connectivity index (χ2n) is 4.88. The minimum Gasteiger partial charge on any atom is -0.451 e. The number of aromatic nitrogens is 2. The number of thiol groups is 2. The van der Waals surface area contributed by atoms with Crippen molar-refractivity contribution in [2.24, 2.45) is 0 Å². The van der Waals surface area contributed by atoms with Crippen LogP contribution in [0.1, 0.15) is 25.2 Å². The Bertz CT molecular complexity index is 688. The average Bonchev–Trinajstić information content (AvgIpc) is 3.09. The summed E-state index contributed by atoms with van der Waals surface area (Å²) < 4.78 is 11.5. The summed E-state index contributed by atoms with van der Waals surface area (Å²) in [5.41, 5.74) is 0.820. The molecule has 0 atom stereocenters. The van der Waals surface area contributed by atoms with E-state index in [-0.39, 0.29) is 4.58 Å². The number of fused-ring (bicyclic) bond motifs is 1. The summed E-state index contributed by atoms with van der Waals surface area (Å²) in [5, 5.41) is 9.15. The van der Waals surface area contributed by atoms with Crippen LogP contribution in [0.2, 0.25) is 0 Å². The molecule has 0 saturated carbocycles. The fourth-order valence-corrected chi connectivity index (χ4v) is 2.51. The zero-order chi connectivity index (χ0) is 14.7. The van der Waals surface area contributed by atoms with Crippen molar-refractivity contribution in [2.75, 3.05) is 0 Å². The van der Waals surface area contributed by atoms with Crippen molar-refractivity contribution in [3.05, 3.63) is 36.2 Å². The second kappa shape index (κ2) is 6.58. The summed E-state index contributed by atoms with van der Waals surface area (Å²) >= 11 is 8.47. The lowest BCUT2D eigenvalue weighted by Gasteiger charge is -2.00. The smallest absolute Gasteiger partial charge is 0.283 e. The Labute approximate surface area is 133 Å². The summed E-state index contributed by atoms with van der Waals surface area (Å²) in [5.74, 6) is 1.68. The Hall–Kier alpha value is -1.40. The van der Waals surface area contributed by atoms with Gasteiger partial charge in [0.25, 0.3) is 5.89 Å². The van der Waals surface area contributed by atoms with Gasteiger partial charge in [-0.05, 0) is 25.0 Å². The molecule has 0 spiro atoms. The molecule has 0 aliphatic heterocycles. The van der Waals surface area contributed by atoms with Gasteiger partial charge in [0.05, 0.1) is 0 Å². The van der Waals surface area contributed by atoms with E-state index in [0.717, 1.165) is 36.7 Å². The van der Waals surface area contributed by atoms with Crippen LogP contribution in [-0.2, 0) is 6.42 Å². The molecule has 0 amide bonds. The summed E-state index contributed by atoms with van der Waals surface area (Å²) in [7, 11) is 0. The molecule has 2 heterocycles. The Morgan fingerprint density at radius 3 is 2.71 bits per heavy atom. The Morgan fingerprint density at radius 1 is 1.05 bits per heavy atom. The van der Waals surface area contributed by atoms with E-state index in [0.29, 0.717) is 17.5 Å². The molecule has 3 rings (SSSR count). The third-order valence-electron chi connectivity index (χ3n) is 3.21. The molecule has 1 aromatic carbocycles. The maximum Gasteiger partial charge on any atom is 0.283 e. The van der Waals surface area contributed by atoms with Gasteiger partial charge in [-0.2, -0.15) is 25.3 Å². The molecular formula is C15H16N2O2S2. The maximum atomic E-state index is 5.71. The van der Waals surface area contributed by atoms with Crippen molar-refractivity contribution in [3.63, 3.8) is 0 Å². The van der Waals surface area contributed by atoms with Gasteiger partial charge in [-0.3, -0.25) is 0 Å². The zero-order valence-electron chi connectivity index (χ0n) is 11.4. The molecule has 4 nitrogen and oxygen atoms in total. The number of benzene rings is 1. The molecule has 21 heavy (non-hydrogen) atoms. The molecule has 6 heteroatoms. The number of unbranched alkanes of at least 4 members (excludes halogenated alkanes) is 1. The highest BCUT2D eigenvalue weighted by Gasteiger charge is 2.13. The monoisotopic (exact) mass is 320 g/mol. The lowest BCUT2D eigenvalue weighted by Crippen LogP contribution is -1.90. The molecule has 110 valence electrons. The van der Waals surface area contributed by atoms with Crippen LogP contribution in [0, 0.1) is 0 Å². The van der Waals surface area contributed by atoms with Crippen LogP contribution < -0.4 is 0 Å². The topological polar surface area (TPSA) is 52.1 Å². The van der Waals surface area contributed by atoms with Crippen molar-refractivity contribution in [2.45, 2.75) is 30.3 Å². The first-order chi connectivity index (χ1) is 10.2. The Morgan fingerprint density at radius 2 is 1.90 bits per heavy atom. The number of hydrogen-bond acceptors (Lipinski definition) is 6. The summed E-state index contributed by atoms with van der Waals surface area (Å²) in [4.78, 5) is 0. The molecule has 0 fully saturated rings. The van der Waals surface area contributed by atoms with Crippen LogP contribution in [-0.4, -0.2) is 14.8 Å². The fraction of sp³-hybridized carbons (Fsp3) is 0.333. The van der Waals surface area contributed by atoms with Crippen molar-refractivity contribution in [1.29, 1.82) is 0 Å². The second-order valence-corrected chi connectivity index (χ2v) is 6.53. The van der Waals surface area contributed by atoms with Crippen LogP contribution in [0.15, 0.2) is 39.2 Å². The Balaban J connectivity index is 1.66. The number of hydrogen-bond donors (Lipinski definition) is 2. The molecule has 0 radical (unpaired) electrons. The van der Waals surface area contributed by atoms with Gasteiger partial charge >= 0.3 is 0 Å². The van der Waals surface area contributed by atoms with Crippen LogP contribution in [0.4, 0.5) is 0 Å². The van der Waals surface area contributed by atoms with Crippen LogP contribution in [0.3, 0.4) is 0 Å². The number of aryl methyl sites for hydroxylation is 1. The number of furan rings is 1. The van der Waals surface area contributed by atoms with Gasteiger partial charge < -0.3 is 8.83 Å². The van der Waals surface area contributed by atoms with Gasteiger partial charge in [0.1, 0.15) is 5.58 Å². The van der Waals surface area contributed by atoms with E-state index in [4.69, 9.17) is 8.83 Å². The number of nitrogens with zero attached hydrogens (tertiary/aromatic N) is 2. The van der Waals surface area contributed by atoms with Gasteiger partial charge in [-0.1, -0.05) is 24.6 Å². The Kier molecular flexibility index (Phi) is 4.55. The van der Waals surface area contributed by atoms with E-state index in [9.17, 15) is 0 Å². The third kappa shape index (κ3) is 3.63. The highest BCUT2D eigenvalue weighted by molar-refractivity contribution is 7.99. The highest BCUT2D eigenvalue weighted by Crippen LogP contribution is 2.27. The normalized spacial score (nSPS) is 11.6. The van der Waals surface area contributed by atoms with Gasteiger partial charge in [-0.25, -0.2) is 0 Å². The third-order valence-corrected chi connectivity index (χ3v) is 3.72. The largest absolute Gasteiger partial charge is 0.451 e. The van der Waals surface area contributed by atoms with E-state index in [2.05, 4.69) is 35.5 Å². The van der Waals surface area contributed by atoms with Crippen molar-refractivity contribution in [3.8, 4) is 11.7 Å². The predicted octanol–water partition coefficient (Wildman–Crippen LogP) is 4.38. The van der Waals surface area contributed by atoms with E-state index in [1.165, 1.54) is 0 Å². The maximum absolute atomic E-state index is 5.71. The van der Waals surface area contributed by atoms with Crippen LogP contribution in [0.25, 0.3) is 22.6 Å². The predicted molar refractivity (Wildman–Crippen MR) is 88.8 cm³/mol. The highest BCUT2D eigenvalue weighted by atomic mass is 32.2. The molecule has 0 bridgehead atoms. The van der Waals surface area contributed by atoms with Crippen molar-refractivity contribution < 1.29 is 8.83 Å². The lowest BCUT2D eigenvalue weighted by molar-refractivity contribution is 0.477. The van der Waals surface area contributed by atoms with Crippen LogP contribution in [0.5, 0.6) is 0 Å². The van der Waals surface area contributed by atoms with Crippen molar-refractivity contribution >= 4 is 36.2 Å². The molecule has 2 aromatic heterocycles. The average molecular weight is 320 g/mol. The fourth-order valence-electron chi connectivity index (χ4n) is 2.14. The van der Waals surface area contributed by atoms with Gasteiger partial charge in [-0.15, -0.1) is 10.2 Å². The van der Waals surface area contributed by atoms with E-state index < -0.39 is 0 Å². The first kappa shape index (κ1) is 14.5. The summed E-state index contributed by atoms with van der Waals surface area (Å²) in [6.45, 7) is 0. The molecule has 3 aromatic rings. The molecule has 0 N–H and O–H groups in total. The molecule has 0 aliphatic carbocycles. The minimum absolute atomic E-state index is 0.138. The zero-order valence-corrected chi connectivity index (χ0v) is 13.2. The summed E-state index contributed by atoms with van der Waals surface area (Å²) in [6.07, 6.45) is 3.76. The van der Waals surface area contributed by atoms with Gasteiger partial charge in [0.2, 0.25) is 5.89 Å². The number of para-hydroxylation sites is 1. The standard InChI is InChI=1S/C15H16N2O2S2/c20-14(21)8-4-3-7-13-16-17-15(19-13)12-9-10-5-1-2-6-11(10)18-12/h1-2,5-6,9,14,20-21H,3-4,7-8H2. The first-order valence-electron chi connectivity index (χ1n) is 6.90. The molecular weight excluding hydrogens is 304 g/mol. The van der Waals surface area contributed by atoms with E-state index in [1.807, 2.05) is 30.3 Å².